The van der Waals surface area contributed by atoms with Gasteiger partial charge in [-0.2, -0.15) is 5.10 Å². The first-order valence-corrected chi connectivity index (χ1v) is 16.8. The number of esters is 1. The van der Waals surface area contributed by atoms with Crippen LogP contribution in [0.1, 0.15) is 80.3 Å². The molecule has 10 nitrogen and oxygen atoms in total. The third-order valence-corrected chi connectivity index (χ3v) is 9.15. The summed E-state index contributed by atoms with van der Waals surface area (Å²) in [6, 6.07) is 18.1. The number of hydrogen-bond acceptors (Lipinski definition) is 8. The largest absolute Gasteiger partial charge is 0.473 e. The molecule has 2 saturated heterocycles. The highest BCUT2D eigenvalue weighted by Crippen LogP contribution is 2.30. The summed E-state index contributed by atoms with van der Waals surface area (Å²) in [7, 11) is 0. The first-order chi connectivity index (χ1) is 22.7. The Morgan fingerprint density at radius 2 is 1.83 bits per heavy atom. The van der Waals surface area contributed by atoms with Crippen molar-refractivity contribution in [3.63, 3.8) is 0 Å². The number of likely N-dealkylation sites (tertiary alicyclic amines) is 1. The average Bonchev–Trinajstić information content (AvgIpc) is 3.61. The Kier molecular flexibility index (Phi) is 8.72. The van der Waals surface area contributed by atoms with Crippen LogP contribution in [0.25, 0.3) is 21.9 Å². The van der Waals surface area contributed by atoms with Crippen molar-refractivity contribution in [1.82, 2.24) is 29.2 Å². The van der Waals surface area contributed by atoms with Crippen molar-refractivity contribution in [2.75, 3.05) is 19.7 Å². The summed E-state index contributed by atoms with van der Waals surface area (Å²) >= 11 is 0. The Morgan fingerprint density at radius 3 is 2.57 bits per heavy atom. The van der Waals surface area contributed by atoms with E-state index in [1.54, 1.807) is 0 Å². The van der Waals surface area contributed by atoms with Crippen molar-refractivity contribution in [1.29, 1.82) is 0 Å². The van der Waals surface area contributed by atoms with Crippen molar-refractivity contribution in [2.45, 2.75) is 90.8 Å². The van der Waals surface area contributed by atoms with E-state index in [0.717, 1.165) is 97.6 Å². The fourth-order valence-corrected chi connectivity index (χ4v) is 6.53. The molecule has 7 rings (SSSR count). The molecule has 0 amide bonds. The second kappa shape index (κ2) is 13.1. The van der Waals surface area contributed by atoms with E-state index in [9.17, 15) is 4.79 Å². The van der Waals surface area contributed by atoms with Crippen molar-refractivity contribution in [3.8, 4) is 5.88 Å². The zero-order valence-electron chi connectivity index (χ0n) is 27.8. The molecule has 47 heavy (non-hydrogen) atoms. The lowest BCUT2D eigenvalue weighted by molar-refractivity contribution is -0.0592. The number of benzene rings is 2. The molecule has 3 aromatic heterocycles. The molecular formula is C37H44N6O4. The predicted octanol–water partition coefficient (Wildman–Crippen LogP) is 6.50. The Labute approximate surface area is 275 Å². The van der Waals surface area contributed by atoms with Crippen molar-refractivity contribution in [2.24, 2.45) is 0 Å². The molecule has 0 bridgehead atoms. The topological polar surface area (TPSA) is 96.5 Å². The smallest absolute Gasteiger partial charge is 0.338 e. The molecule has 0 radical (unpaired) electrons. The zero-order valence-corrected chi connectivity index (χ0v) is 27.8. The molecule has 1 atom stereocenters. The van der Waals surface area contributed by atoms with Crippen molar-refractivity contribution in [3.05, 3.63) is 83.4 Å². The van der Waals surface area contributed by atoms with Crippen molar-refractivity contribution >= 4 is 27.9 Å². The monoisotopic (exact) mass is 636 g/mol. The lowest BCUT2D eigenvalue weighted by Gasteiger charge is -2.32. The van der Waals surface area contributed by atoms with Crippen LogP contribution in [0.3, 0.4) is 0 Å². The minimum atomic E-state index is -0.553. The van der Waals surface area contributed by atoms with Gasteiger partial charge in [0.05, 0.1) is 47.5 Å². The van der Waals surface area contributed by atoms with Crippen LogP contribution < -0.4 is 4.74 Å². The van der Waals surface area contributed by atoms with Crippen LogP contribution in [-0.2, 0) is 35.7 Å². The van der Waals surface area contributed by atoms with E-state index in [4.69, 9.17) is 24.2 Å². The average molecular weight is 637 g/mol. The maximum atomic E-state index is 12.9. The van der Waals surface area contributed by atoms with E-state index in [0.29, 0.717) is 24.0 Å². The summed E-state index contributed by atoms with van der Waals surface area (Å²) in [5.74, 6) is 1.72. The fraction of sp³-hybridized carbons (Fsp3) is 0.459. The second-order valence-corrected chi connectivity index (χ2v) is 13.7. The van der Waals surface area contributed by atoms with Gasteiger partial charge in [-0.3, -0.25) is 9.58 Å². The number of piperidine rings is 1. The van der Waals surface area contributed by atoms with E-state index < -0.39 is 5.60 Å². The van der Waals surface area contributed by atoms with Crippen LogP contribution in [0.2, 0.25) is 0 Å². The van der Waals surface area contributed by atoms with E-state index in [2.05, 4.69) is 51.8 Å². The maximum Gasteiger partial charge on any atom is 0.338 e. The van der Waals surface area contributed by atoms with E-state index >= 15 is 0 Å². The van der Waals surface area contributed by atoms with Crippen LogP contribution in [0.15, 0.2) is 60.8 Å². The van der Waals surface area contributed by atoms with Gasteiger partial charge in [-0.1, -0.05) is 18.2 Å². The molecule has 0 N–H and O–H groups in total. The molecule has 0 aliphatic carbocycles. The minimum absolute atomic E-state index is 0.172. The predicted molar refractivity (Wildman–Crippen MR) is 180 cm³/mol. The van der Waals surface area contributed by atoms with Gasteiger partial charge in [-0.05, 0) is 95.9 Å². The van der Waals surface area contributed by atoms with Crippen LogP contribution >= 0.6 is 0 Å². The first-order valence-electron chi connectivity index (χ1n) is 16.8. The van der Waals surface area contributed by atoms with Gasteiger partial charge in [-0.25, -0.2) is 14.8 Å². The number of aryl methyl sites for hydroxylation is 1. The Hall–Kier alpha value is -4.28. The highest BCUT2D eigenvalue weighted by molar-refractivity contribution is 5.94. The van der Waals surface area contributed by atoms with E-state index in [1.807, 2.05) is 55.9 Å². The number of pyridine rings is 1. The maximum absolute atomic E-state index is 12.9. The van der Waals surface area contributed by atoms with Gasteiger partial charge in [0.15, 0.2) is 0 Å². The van der Waals surface area contributed by atoms with Gasteiger partial charge >= 0.3 is 5.97 Å². The van der Waals surface area contributed by atoms with Crippen LogP contribution in [0, 0.1) is 0 Å². The van der Waals surface area contributed by atoms with E-state index in [1.165, 1.54) is 0 Å². The third kappa shape index (κ3) is 7.04. The van der Waals surface area contributed by atoms with Crippen molar-refractivity contribution < 1.29 is 19.0 Å². The standard InChI is InChI=1S/C37H44N6O4/c1-5-43-32-19-25(9-10-28(32)21-38-43)24-46-35-8-6-7-30(40-35)26-13-16-41(17-14-26)23-34-39-31-12-11-27(36(44)47-37(2,3)4)20-33(31)42(34)22-29-15-18-45-29/h6-12,19-21,26,29H,5,13-18,22-24H2,1-4H3. The summed E-state index contributed by atoms with van der Waals surface area (Å²) in [6.45, 7) is 13.2. The van der Waals surface area contributed by atoms with Gasteiger partial charge in [0, 0.05) is 36.2 Å². The zero-order chi connectivity index (χ0) is 32.5. The molecular weight excluding hydrogens is 592 g/mol. The fourth-order valence-electron chi connectivity index (χ4n) is 6.53. The van der Waals surface area contributed by atoms with Crippen LogP contribution in [-0.4, -0.2) is 66.6 Å². The Bertz CT molecular complexity index is 1880. The molecule has 2 aliphatic rings. The number of hydrogen-bond donors (Lipinski definition) is 0. The quantitative estimate of drug-likeness (QED) is 0.160. The number of aromatic nitrogens is 5. The molecule has 0 spiro atoms. The lowest BCUT2D eigenvalue weighted by Crippen LogP contribution is -2.35. The molecule has 2 aliphatic heterocycles. The number of rotatable bonds is 10. The lowest BCUT2D eigenvalue weighted by atomic mass is 9.93. The van der Waals surface area contributed by atoms with Gasteiger partial charge in [0.2, 0.25) is 5.88 Å². The number of carbonyl (C=O) groups is 1. The highest BCUT2D eigenvalue weighted by atomic mass is 16.6. The molecule has 1 unspecified atom stereocenters. The third-order valence-electron chi connectivity index (χ3n) is 9.15. The number of nitrogens with zero attached hydrogens (tertiary/aromatic N) is 6. The number of ether oxygens (including phenoxy) is 3. The molecule has 0 saturated carbocycles. The Morgan fingerprint density at radius 1 is 1.00 bits per heavy atom. The van der Waals surface area contributed by atoms with Crippen LogP contribution in [0.4, 0.5) is 0 Å². The Balaban J connectivity index is 1.00. The highest BCUT2D eigenvalue weighted by Gasteiger charge is 2.27. The molecule has 246 valence electrons. The van der Waals surface area contributed by atoms with Gasteiger partial charge in [0.1, 0.15) is 18.0 Å². The van der Waals surface area contributed by atoms with Gasteiger partial charge in [-0.15, -0.1) is 0 Å². The number of carbonyl (C=O) groups excluding carboxylic acids is 1. The summed E-state index contributed by atoms with van der Waals surface area (Å²) in [5, 5.41) is 5.59. The molecule has 5 aromatic rings. The van der Waals surface area contributed by atoms with Crippen LogP contribution in [0.5, 0.6) is 5.88 Å². The molecule has 5 heterocycles. The summed E-state index contributed by atoms with van der Waals surface area (Å²) in [4.78, 5) is 25.3. The summed E-state index contributed by atoms with van der Waals surface area (Å²) < 4.78 is 21.9. The minimum Gasteiger partial charge on any atom is -0.473 e. The summed E-state index contributed by atoms with van der Waals surface area (Å²) in [6.07, 6.45) is 5.15. The normalized spacial score (nSPS) is 17.7. The first kappa shape index (κ1) is 31.3. The van der Waals surface area contributed by atoms with E-state index in [-0.39, 0.29) is 12.1 Å². The summed E-state index contributed by atoms with van der Waals surface area (Å²) in [5.41, 5.74) is 5.14. The van der Waals surface area contributed by atoms with Gasteiger partial charge in [0.25, 0.3) is 0 Å². The number of fused-ring (bicyclic) bond motifs is 2. The second-order valence-electron chi connectivity index (χ2n) is 13.7. The number of imidazole rings is 1. The SMILES string of the molecule is CCn1ncc2ccc(COc3cccc(C4CCN(Cc5nc6ccc(C(=O)OC(C)(C)C)cc6n5CC5CCO5)CC4)n3)cc21. The molecule has 2 aromatic carbocycles. The van der Waals surface area contributed by atoms with Gasteiger partial charge < -0.3 is 18.8 Å². The molecule has 2 fully saturated rings. The molecule has 10 heteroatoms.